The van der Waals surface area contributed by atoms with Gasteiger partial charge in [0, 0.05) is 29.3 Å². The van der Waals surface area contributed by atoms with E-state index in [2.05, 4.69) is 0 Å². The minimum atomic E-state index is -4.03. The average molecular weight is 331 g/mol. The largest absolute Gasteiger partial charge is 0.738 e. The number of allylic oxidation sites excluding steroid dienone is 3. The third kappa shape index (κ3) is 1.68. The molecule has 0 radical (unpaired) electrons. The minimum absolute atomic E-state index is 0.0335. The molecule has 0 aliphatic carbocycles. The Morgan fingerprint density at radius 3 is 2.38 bits per heavy atom. The lowest BCUT2D eigenvalue weighted by Crippen LogP contribution is -2.51. The maximum absolute atomic E-state index is 15.1. The Balaban J connectivity index is 2.46. The summed E-state index contributed by atoms with van der Waals surface area (Å²) >= 11 is 12.1. The third-order valence-electron chi connectivity index (χ3n) is 4.48. The highest BCUT2D eigenvalue weighted by Gasteiger charge is 2.55. The van der Waals surface area contributed by atoms with Crippen LogP contribution < -0.4 is 0 Å². The molecular weight excluding hydrogens is 316 g/mol. The summed E-state index contributed by atoms with van der Waals surface area (Å²) in [5, 5.41) is 0.232. The van der Waals surface area contributed by atoms with Crippen LogP contribution in [0.5, 0.6) is 0 Å². The zero-order valence-electron chi connectivity index (χ0n) is 12.3. The molecule has 7 heteroatoms. The molecule has 112 valence electrons. The van der Waals surface area contributed by atoms with E-state index in [1.54, 1.807) is 6.92 Å². The van der Waals surface area contributed by atoms with Crippen molar-refractivity contribution in [2.75, 3.05) is 0 Å². The van der Waals surface area contributed by atoms with Crippen molar-refractivity contribution >= 4 is 41.5 Å². The van der Waals surface area contributed by atoms with Gasteiger partial charge in [0.1, 0.15) is 5.71 Å². The number of hydrogen-bond donors (Lipinski definition) is 0. The van der Waals surface area contributed by atoms with Crippen LogP contribution in [-0.2, 0) is 0 Å². The smallest absolute Gasteiger partial charge is 0.389 e. The first kappa shape index (κ1) is 14.9. The Morgan fingerprint density at radius 2 is 1.81 bits per heavy atom. The van der Waals surface area contributed by atoms with Crippen molar-refractivity contribution in [2.45, 2.75) is 34.1 Å². The van der Waals surface area contributed by atoms with Gasteiger partial charge in [0.2, 0.25) is 0 Å². The second-order valence-electron chi connectivity index (χ2n) is 5.51. The Labute approximate surface area is 132 Å². The van der Waals surface area contributed by atoms with Crippen LogP contribution in [0.15, 0.2) is 22.9 Å². The van der Waals surface area contributed by atoms with Crippen LogP contribution in [0.25, 0.3) is 5.57 Å². The summed E-state index contributed by atoms with van der Waals surface area (Å²) in [6.07, 6.45) is 0.716. The summed E-state index contributed by atoms with van der Waals surface area (Å²) in [5.41, 5.74) is 4.08. The van der Waals surface area contributed by atoms with Gasteiger partial charge in [-0.05, 0) is 26.3 Å². The highest BCUT2D eigenvalue weighted by molar-refractivity contribution is 6.60. The molecule has 0 unspecified atom stereocenters. The van der Waals surface area contributed by atoms with E-state index < -0.39 is 6.97 Å². The molecule has 0 saturated carbocycles. The molecule has 3 heterocycles. The Morgan fingerprint density at radius 1 is 1.19 bits per heavy atom. The Kier molecular flexibility index (Phi) is 3.16. The van der Waals surface area contributed by atoms with Crippen molar-refractivity contribution in [3.05, 3.63) is 38.8 Å². The molecule has 2 nitrogen and oxygen atoms in total. The molecule has 0 spiro atoms. The van der Waals surface area contributed by atoms with Crippen molar-refractivity contribution in [1.82, 2.24) is 4.48 Å². The lowest BCUT2D eigenvalue weighted by atomic mass is 9.88. The van der Waals surface area contributed by atoms with E-state index in [4.69, 9.17) is 23.2 Å². The number of nitrogens with zero attached hydrogens (tertiary/aromatic N) is 2. The molecule has 1 aromatic rings. The summed E-state index contributed by atoms with van der Waals surface area (Å²) in [6, 6.07) is 1.38. The lowest BCUT2D eigenvalue weighted by molar-refractivity contribution is -0.363. The van der Waals surface area contributed by atoms with Crippen molar-refractivity contribution < 1.29 is 13.1 Å². The molecule has 2 aliphatic heterocycles. The highest BCUT2D eigenvalue weighted by Crippen LogP contribution is 2.45. The molecule has 0 atom stereocenters. The predicted molar refractivity (Wildman–Crippen MR) is 84.3 cm³/mol. The van der Waals surface area contributed by atoms with Gasteiger partial charge < -0.3 is 17.6 Å². The topological polar surface area (TPSA) is 7.94 Å². The second kappa shape index (κ2) is 4.46. The SMILES string of the molecule is CCC1=C(C)C2=C(C)c3c(Cl)cc(Cl)n3[B-](F)(F)[N+]2=C1C. The van der Waals surface area contributed by atoms with Crippen LogP contribution in [0.3, 0.4) is 0 Å². The van der Waals surface area contributed by atoms with Gasteiger partial charge in [-0.15, -0.1) is 0 Å². The fourth-order valence-electron chi connectivity index (χ4n) is 3.63. The molecule has 3 rings (SSSR count). The summed E-state index contributed by atoms with van der Waals surface area (Å²) in [6.45, 7) is 3.38. The zero-order valence-corrected chi connectivity index (χ0v) is 13.8. The van der Waals surface area contributed by atoms with E-state index in [9.17, 15) is 0 Å². The summed E-state index contributed by atoms with van der Waals surface area (Å²) in [4.78, 5) is 0. The van der Waals surface area contributed by atoms with Crippen LogP contribution in [0.2, 0.25) is 10.2 Å². The van der Waals surface area contributed by atoms with E-state index in [0.29, 0.717) is 23.5 Å². The second-order valence-corrected chi connectivity index (χ2v) is 6.30. The summed E-state index contributed by atoms with van der Waals surface area (Å²) < 4.78 is 32.1. The van der Waals surface area contributed by atoms with Crippen LogP contribution in [-0.4, -0.2) is 21.6 Å². The van der Waals surface area contributed by atoms with E-state index in [1.165, 1.54) is 6.07 Å². The number of halogens is 4. The first-order valence-corrected chi connectivity index (χ1v) is 7.62. The van der Waals surface area contributed by atoms with Gasteiger partial charge in [-0.1, -0.05) is 30.1 Å². The highest BCUT2D eigenvalue weighted by atomic mass is 35.5. The number of hydrogen-bond acceptors (Lipinski definition) is 0. The first-order valence-electron chi connectivity index (χ1n) is 6.86. The molecule has 0 aromatic carbocycles. The standard InChI is InChI=1S/C14H15BCl2F2N2/c1-5-10-7(2)13-8(3)14-11(16)6-12(17)21(14)15(18,19)20(13)9(10)4/h6H,5H2,1-4H3. The van der Waals surface area contributed by atoms with E-state index in [0.717, 1.165) is 25.7 Å². The zero-order chi connectivity index (χ0) is 15.7. The van der Waals surface area contributed by atoms with Gasteiger partial charge in [0.15, 0.2) is 5.70 Å². The maximum Gasteiger partial charge on any atom is 0.738 e. The van der Waals surface area contributed by atoms with Crippen LogP contribution in [0, 0.1) is 0 Å². The average Bonchev–Trinajstić information content (AvgIpc) is 2.82. The molecule has 0 bridgehead atoms. The van der Waals surface area contributed by atoms with Gasteiger partial charge in [0.25, 0.3) is 0 Å². The van der Waals surface area contributed by atoms with Gasteiger partial charge in [-0.25, -0.2) is 0 Å². The molecule has 2 aliphatic rings. The lowest BCUT2D eigenvalue weighted by Gasteiger charge is -2.32. The van der Waals surface area contributed by atoms with E-state index in [-0.39, 0.29) is 10.2 Å². The normalized spacial score (nSPS) is 20.4. The molecular formula is C14H15BCl2F2N2. The molecule has 0 saturated heterocycles. The first-order chi connectivity index (χ1) is 9.73. The number of rotatable bonds is 1. The fourth-order valence-corrected chi connectivity index (χ4v) is 4.34. The molecule has 0 fully saturated rings. The maximum atomic E-state index is 15.1. The predicted octanol–water partition coefficient (Wildman–Crippen LogP) is 4.98. The summed E-state index contributed by atoms with van der Waals surface area (Å²) in [7, 11) is 0. The van der Waals surface area contributed by atoms with E-state index in [1.807, 2.05) is 20.8 Å². The molecule has 0 N–H and O–H groups in total. The van der Waals surface area contributed by atoms with Crippen LogP contribution >= 0.6 is 23.2 Å². The Bertz CT molecular complexity index is 772. The number of aromatic nitrogens is 1. The van der Waals surface area contributed by atoms with Crippen molar-refractivity contribution in [2.24, 2.45) is 0 Å². The van der Waals surface area contributed by atoms with Crippen molar-refractivity contribution in [3.8, 4) is 0 Å². The molecule has 0 amide bonds. The van der Waals surface area contributed by atoms with Crippen LogP contribution in [0.4, 0.5) is 8.63 Å². The van der Waals surface area contributed by atoms with Crippen molar-refractivity contribution in [1.29, 1.82) is 0 Å². The van der Waals surface area contributed by atoms with Gasteiger partial charge in [-0.2, -0.15) is 0 Å². The van der Waals surface area contributed by atoms with Crippen LogP contribution in [0.1, 0.15) is 39.8 Å². The fraction of sp³-hybridized carbons (Fsp3) is 0.357. The van der Waals surface area contributed by atoms with Gasteiger partial charge >= 0.3 is 6.97 Å². The number of fused-ring (bicyclic) bond motifs is 2. The summed E-state index contributed by atoms with van der Waals surface area (Å²) in [5.74, 6) is 0. The van der Waals surface area contributed by atoms with E-state index >= 15 is 8.63 Å². The monoisotopic (exact) mass is 330 g/mol. The molecule has 21 heavy (non-hydrogen) atoms. The van der Waals surface area contributed by atoms with Gasteiger partial charge in [0.05, 0.1) is 10.2 Å². The van der Waals surface area contributed by atoms with Crippen molar-refractivity contribution in [3.63, 3.8) is 0 Å². The Hall–Kier alpha value is -1.07. The van der Waals surface area contributed by atoms with Gasteiger partial charge in [-0.3, -0.25) is 0 Å². The third-order valence-corrected chi connectivity index (χ3v) is 5.05. The molecule has 1 aromatic heterocycles. The minimum Gasteiger partial charge on any atom is -0.389 e. The quantitative estimate of drug-likeness (QED) is 0.642.